The second-order valence-electron chi connectivity index (χ2n) is 6.23. The van der Waals surface area contributed by atoms with E-state index in [4.69, 9.17) is 4.74 Å². The molecule has 0 radical (unpaired) electrons. The predicted molar refractivity (Wildman–Crippen MR) is 99.3 cm³/mol. The van der Waals surface area contributed by atoms with Crippen LogP contribution < -0.4 is 4.74 Å². The van der Waals surface area contributed by atoms with Crippen LogP contribution in [0.5, 0.6) is 5.75 Å². The molecule has 2 heterocycles. The number of rotatable bonds is 5. The lowest BCUT2D eigenvalue weighted by molar-refractivity contribution is 0.102. The Kier molecular flexibility index (Phi) is 4.46. The summed E-state index contributed by atoms with van der Waals surface area (Å²) in [6.07, 6.45) is 0.856. The van der Waals surface area contributed by atoms with Gasteiger partial charge in [0, 0.05) is 12.0 Å². The zero-order chi connectivity index (χ0) is 18.1. The average Bonchev–Trinajstić information content (AvgIpc) is 3.30. The minimum absolute atomic E-state index is 0.0558. The van der Waals surface area contributed by atoms with Crippen molar-refractivity contribution in [1.29, 1.82) is 0 Å². The number of fused-ring (bicyclic) bond motifs is 1. The van der Waals surface area contributed by atoms with Crippen molar-refractivity contribution in [3.8, 4) is 11.4 Å². The van der Waals surface area contributed by atoms with E-state index >= 15 is 0 Å². The topological polar surface area (TPSA) is 69.9 Å². The van der Waals surface area contributed by atoms with E-state index in [0.29, 0.717) is 17.3 Å². The number of Topliss-reactive ketones (excluding diaryl/α,β-unsaturated/α-hetero) is 1. The second kappa shape index (κ2) is 6.92. The molecule has 4 rings (SSSR count). The van der Waals surface area contributed by atoms with Gasteiger partial charge >= 0.3 is 0 Å². The lowest BCUT2D eigenvalue weighted by atomic mass is 10.1. The molecular formula is C19H18N4O2S. The first-order valence-corrected chi connectivity index (χ1v) is 9.39. The number of aromatic nitrogens is 4. The maximum atomic E-state index is 12.6. The number of carbonyl (C=O) groups is 1. The zero-order valence-electron chi connectivity index (χ0n) is 14.6. The van der Waals surface area contributed by atoms with Gasteiger partial charge in [-0.15, -0.1) is 5.10 Å². The molecule has 0 bridgehead atoms. The third kappa shape index (κ3) is 3.10. The molecule has 0 unspecified atom stereocenters. The van der Waals surface area contributed by atoms with Crippen LogP contribution in [0.1, 0.15) is 27.0 Å². The van der Waals surface area contributed by atoms with E-state index < -0.39 is 0 Å². The van der Waals surface area contributed by atoms with Crippen molar-refractivity contribution in [2.24, 2.45) is 0 Å². The predicted octanol–water partition coefficient (Wildman–Crippen LogP) is 3.19. The third-order valence-electron chi connectivity index (χ3n) is 4.59. The Bertz CT molecular complexity index is 983. The first-order valence-electron chi connectivity index (χ1n) is 8.40. The minimum atomic E-state index is 0.0558. The van der Waals surface area contributed by atoms with Gasteiger partial charge in [-0.05, 0) is 65.2 Å². The van der Waals surface area contributed by atoms with Gasteiger partial charge in [0.15, 0.2) is 5.78 Å². The van der Waals surface area contributed by atoms with Gasteiger partial charge in [0.2, 0.25) is 5.16 Å². The Morgan fingerprint density at radius 1 is 1.27 bits per heavy atom. The average molecular weight is 366 g/mol. The SMILES string of the molecule is Cc1cccc(-n2nnnc2SCC(=O)c2ccc3c(c2)CCO3)c1C. The molecule has 2 aromatic carbocycles. The van der Waals surface area contributed by atoms with Gasteiger partial charge in [-0.25, -0.2) is 0 Å². The minimum Gasteiger partial charge on any atom is -0.493 e. The quantitative estimate of drug-likeness (QED) is 0.510. The molecule has 26 heavy (non-hydrogen) atoms. The number of hydrogen-bond donors (Lipinski definition) is 0. The summed E-state index contributed by atoms with van der Waals surface area (Å²) in [6, 6.07) is 11.6. The molecule has 6 nitrogen and oxygen atoms in total. The van der Waals surface area contributed by atoms with Crippen LogP contribution in [0.4, 0.5) is 0 Å². The van der Waals surface area contributed by atoms with Crippen LogP contribution in [0.3, 0.4) is 0 Å². The first kappa shape index (κ1) is 16.8. The molecule has 0 saturated heterocycles. The highest BCUT2D eigenvalue weighted by molar-refractivity contribution is 7.99. The summed E-state index contributed by atoms with van der Waals surface area (Å²) in [5.41, 5.74) is 5.02. The van der Waals surface area contributed by atoms with E-state index in [2.05, 4.69) is 28.5 Å². The van der Waals surface area contributed by atoms with E-state index in [-0.39, 0.29) is 11.5 Å². The van der Waals surface area contributed by atoms with Gasteiger partial charge in [0.05, 0.1) is 18.0 Å². The zero-order valence-corrected chi connectivity index (χ0v) is 15.4. The van der Waals surface area contributed by atoms with Crippen molar-refractivity contribution in [3.05, 3.63) is 58.7 Å². The molecule has 1 aliphatic rings. The second-order valence-corrected chi connectivity index (χ2v) is 7.17. The van der Waals surface area contributed by atoms with E-state index in [1.54, 1.807) is 4.68 Å². The standard InChI is InChI=1S/C19H18N4O2S/c1-12-4-3-5-16(13(12)2)23-19(20-21-22-23)26-11-17(24)14-6-7-18-15(10-14)8-9-25-18/h3-7,10H,8-9,11H2,1-2H3. The number of carbonyl (C=O) groups excluding carboxylic acids is 1. The van der Waals surface area contributed by atoms with Crippen LogP contribution in [0.25, 0.3) is 5.69 Å². The fraction of sp³-hybridized carbons (Fsp3) is 0.263. The van der Waals surface area contributed by atoms with Crippen molar-refractivity contribution in [2.75, 3.05) is 12.4 Å². The molecule has 0 atom stereocenters. The van der Waals surface area contributed by atoms with Crippen molar-refractivity contribution >= 4 is 17.5 Å². The lowest BCUT2D eigenvalue weighted by Gasteiger charge is -2.09. The maximum Gasteiger partial charge on any atom is 0.214 e. The molecule has 1 aliphatic heterocycles. The van der Waals surface area contributed by atoms with Gasteiger partial charge in [0.1, 0.15) is 5.75 Å². The summed E-state index contributed by atoms with van der Waals surface area (Å²) in [7, 11) is 0. The van der Waals surface area contributed by atoms with Gasteiger partial charge in [-0.2, -0.15) is 4.68 Å². The summed E-state index contributed by atoms with van der Waals surface area (Å²) in [4.78, 5) is 12.6. The number of thioether (sulfide) groups is 1. The molecule has 0 amide bonds. The fourth-order valence-electron chi connectivity index (χ4n) is 2.96. The van der Waals surface area contributed by atoms with Crippen LogP contribution in [0.15, 0.2) is 41.6 Å². The van der Waals surface area contributed by atoms with Gasteiger partial charge in [0.25, 0.3) is 0 Å². The molecule has 132 valence electrons. The Morgan fingerprint density at radius 3 is 3.04 bits per heavy atom. The summed E-state index contributed by atoms with van der Waals surface area (Å²) in [6.45, 7) is 4.78. The first-order chi connectivity index (χ1) is 12.6. The van der Waals surface area contributed by atoms with Crippen LogP contribution >= 0.6 is 11.8 Å². The van der Waals surface area contributed by atoms with Crippen molar-refractivity contribution in [1.82, 2.24) is 20.2 Å². The number of hydrogen-bond acceptors (Lipinski definition) is 6. The highest BCUT2D eigenvalue weighted by Gasteiger charge is 2.17. The van der Waals surface area contributed by atoms with Crippen LogP contribution in [-0.2, 0) is 6.42 Å². The highest BCUT2D eigenvalue weighted by atomic mass is 32.2. The fourth-order valence-corrected chi connectivity index (χ4v) is 3.74. The molecule has 7 heteroatoms. The maximum absolute atomic E-state index is 12.6. The van der Waals surface area contributed by atoms with Crippen LogP contribution in [0, 0.1) is 13.8 Å². The third-order valence-corrected chi connectivity index (χ3v) is 5.51. The van der Waals surface area contributed by atoms with Crippen LogP contribution in [-0.4, -0.2) is 38.4 Å². The van der Waals surface area contributed by atoms with Crippen LogP contribution in [0.2, 0.25) is 0 Å². The number of ketones is 1. The largest absolute Gasteiger partial charge is 0.493 e. The molecular weight excluding hydrogens is 348 g/mol. The van der Waals surface area contributed by atoms with E-state index in [9.17, 15) is 4.79 Å². The number of ether oxygens (including phenoxy) is 1. The number of benzene rings is 2. The Morgan fingerprint density at radius 2 is 2.15 bits per heavy atom. The van der Waals surface area contributed by atoms with Crippen molar-refractivity contribution in [3.63, 3.8) is 0 Å². The molecule has 0 saturated carbocycles. The van der Waals surface area contributed by atoms with Gasteiger partial charge < -0.3 is 4.74 Å². The number of aryl methyl sites for hydroxylation is 1. The molecule has 0 spiro atoms. The lowest BCUT2D eigenvalue weighted by Crippen LogP contribution is -2.06. The Balaban J connectivity index is 1.52. The summed E-state index contributed by atoms with van der Waals surface area (Å²) >= 11 is 1.35. The summed E-state index contributed by atoms with van der Waals surface area (Å²) in [5.74, 6) is 1.22. The van der Waals surface area contributed by atoms with E-state index in [1.165, 1.54) is 17.3 Å². The van der Waals surface area contributed by atoms with Crippen molar-refractivity contribution < 1.29 is 9.53 Å². The summed E-state index contributed by atoms with van der Waals surface area (Å²) < 4.78 is 7.18. The van der Waals surface area contributed by atoms with Crippen molar-refractivity contribution in [2.45, 2.75) is 25.4 Å². The molecule has 0 N–H and O–H groups in total. The van der Waals surface area contributed by atoms with Gasteiger partial charge in [-0.3, -0.25) is 4.79 Å². The molecule has 0 aliphatic carbocycles. The Labute approximate surface area is 155 Å². The monoisotopic (exact) mass is 366 g/mol. The van der Waals surface area contributed by atoms with E-state index in [1.807, 2.05) is 37.3 Å². The van der Waals surface area contributed by atoms with Gasteiger partial charge in [-0.1, -0.05) is 23.9 Å². The highest BCUT2D eigenvalue weighted by Crippen LogP contribution is 2.27. The van der Waals surface area contributed by atoms with E-state index in [0.717, 1.165) is 29.0 Å². The molecule has 1 aromatic heterocycles. The number of tetrazole rings is 1. The molecule has 0 fully saturated rings. The Hall–Kier alpha value is -2.67. The molecule has 3 aromatic rings. The number of nitrogens with zero attached hydrogens (tertiary/aromatic N) is 4. The smallest absolute Gasteiger partial charge is 0.214 e. The normalized spacial score (nSPS) is 12.7. The summed E-state index contributed by atoms with van der Waals surface area (Å²) in [5, 5.41) is 12.6.